The van der Waals surface area contributed by atoms with Gasteiger partial charge in [-0.15, -0.1) is 0 Å². The Labute approximate surface area is 187 Å². The molecule has 168 valence electrons. The Bertz CT molecular complexity index is 946. The fourth-order valence-corrected chi connectivity index (χ4v) is 3.81. The predicted octanol–water partition coefficient (Wildman–Crippen LogP) is 3.81. The summed E-state index contributed by atoms with van der Waals surface area (Å²) in [4.78, 5) is 42.8. The smallest absolute Gasteiger partial charge is 0.328 e. The van der Waals surface area contributed by atoms with Gasteiger partial charge in [0.25, 0.3) is 0 Å². The van der Waals surface area contributed by atoms with Gasteiger partial charge in [0.05, 0.1) is 7.11 Å². The maximum atomic E-state index is 13.3. The summed E-state index contributed by atoms with van der Waals surface area (Å²) in [6.07, 6.45) is 0. The largest absolute Gasteiger partial charge is 0.468 e. The van der Waals surface area contributed by atoms with Gasteiger partial charge in [-0.1, -0.05) is 29.8 Å². The number of benzene rings is 1. The van der Waals surface area contributed by atoms with Crippen molar-refractivity contribution in [3.8, 4) is 0 Å². The van der Waals surface area contributed by atoms with Crippen molar-refractivity contribution in [2.45, 2.75) is 59.1 Å². The Hall–Kier alpha value is -2.67. The van der Waals surface area contributed by atoms with Crippen LogP contribution in [0.4, 0.5) is 0 Å². The van der Waals surface area contributed by atoms with Gasteiger partial charge in [0.15, 0.2) is 0 Å². The topological polar surface area (TPSA) is 94.1 Å². The molecule has 1 aromatic rings. The minimum absolute atomic E-state index is 0.254. The molecule has 0 aliphatic carbocycles. The van der Waals surface area contributed by atoms with Crippen LogP contribution in [0.1, 0.15) is 53.0 Å². The summed E-state index contributed by atoms with van der Waals surface area (Å²) in [6, 6.07) is 6.11. The molecule has 0 bridgehead atoms. The van der Waals surface area contributed by atoms with Crippen molar-refractivity contribution in [3.05, 3.63) is 46.1 Å². The van der Waals surface area contributed by atoms with Gasteiger partial charge in [-0.2, -0.15) is 0 Å². The second-order valence-corrected chi connectivity index (χ2v) is 8.89. The van der Waals surface area contributed by atoms with Gasteiger partial charge in [0.1, 0.15) is 17.6 Å². The van der Waals surface area contributed by atoms with Crippen molar-refractivity contribution in [1.29, 1.82) is 0 Å². The van der Waals surface area contributed by atoms with Crippen LogP contribution >= 0.6 is 11.6 Å². The van der Waals surface area contributed by atoms with Crippen molar-refractivity contribution in [2.75, 3.05) is 7.11 Å². The van der Waals surface area contributed by atoms with Crippen LogP contribution in [-0.2, 0) is 23.9 Å². The number of methoxy groups -OCH3 is 1. The van der Waals surface area contributed by atoms with Crippen LogP contribution < -0.4 is 5.32 Å². The van der Waals surface area contributed by atoms with E-state index in [1.807, 2.05) is 0 Å². The average Bonchev–Trinajstić information content (AvgIpc) is 2.65. The maximum absolute atomic E-state index is 13.3. The Morgan fingerprint density at radius 2 is 1.77 bits per heavy atom. The summed E-state index contributed by atoms with van der Waals surface area (Å²) in [5.41, 5.74) is 1.13. The fraction of sp³-hybridized carbons (Fsp3) is 0.478. The van der Waals surface area contributed by atoms with E-state index in [0.29, 0.717) is 22.0 Å². The van der Waals surface area contributed by atoms with Crippen LogP contribution in [0.3, 0.4) is 0 Å². The van der Waals surface area contributed by atoms with Crippen LogP contribution in [0.25, 0.3) is 0 Å². The highest BCUT2D eigenvalue weighted by Crippen LogP contribution is 2.42. The summed E-state index contributed by atoms with van der Waals surface area (Å²) in [6.45, 7) is 10.2. The molecule has 0 fully saturated rings. The number of rotatable bonds is 5. The highest BCUT2D eigenvalue weighted by Gasteiger charge is 2.42. The van der Waals surface area contributed by atoms with Crippen molar-refractivity contribution in [3.63, 3.8) is 0 Å². The van der Waals surface area contributed by atoms with Crippen molar-refractivity contribution in [1.82, 2.24) is 5.32 Å². The Morgan fingerprint density at radius 1 is 1.16 bits per heavy atom. The van der Waals surface area contributed by atoms with Crippen molar-refractivity contribution in [2.24, 2.45) is 10.9 Å². The van der Waals surface area contributed by atoms with Crippen LogP contribution in [-0.4, -0.2) is 42.3 Å². The van der Waals surface area contributed by atoms with Crippen LogP contribution in [0.2, 0.25) is 5.02 Å². The molecule has 1 amide bonds. The number of nitrogens with zero attached hydrogens (tertiary/aromatic N) is 1. The maximum Gasteiger partial charge on any atom is 0.328 e. The molecule has 0 saturated carbocycles. The lowest BCUT2D eigenvalue weighted by molar-refractivity contribution is -0.158. The third kappa shape index (κ3) is 5.73. The number of hydrogen-bond donors (Lipinski definition) is 1. The lowest BCUT2D eigenvalue weighted by atomic mass is 9.75. The number of amides is 1. The van der Waals surface area contributed by atoms with Gasteiger partial charge in [0, 0.05) is 27.9 Å². The number of ether oxygens (including phenoxy) is 2. The molecule has 1 aliphatic rings. The number of nitrogens with one attached hydrogen (secondary N) is 1. The van der Waals surface area contributed by atoms with Crippen LogP contribution in [0.5, 0.6) is 0 Å². The molecule has 1 aliphatic heterocycles. The van der Waals surface area contributed by atoms with E-state index in [-0.39, 0.29) is 5.57 Å². The molecule has 1 heterocycles. The lowest BCUT2D eigenvalue weighted by Crippen LogP contribution is -2.45. The van der Waals surface area contributed by atoms with Crippen LogP contribution in [0.15, 0.2) is 40.5 Å². The SMILES string of the molecule is COC(=O)C1C(C)=NC(C)=C(C(=O)NC(C)C(=O)OC(C)(C)C)C1c1ccccc1Cl. The quantitative estimate of drug-likeness (QED) is 0.691. The molecule has 7 nitrogen and oxygen atoms in total. The zero-order valence-electron chi connectivity index (χ0n) is 18.9. The van der Waals surface area contributed by atoms with Gasteiger partial charge in [-0.25, -0.2) is 4.79 Å². The molecule has 3 unspecified atom stereocenters. The number of allylic oxidation sites excluding steroid dienone is 1. The molecule has 0 spiro atoms. The Balaban J connectivity index is 2.49. The highest BCUT2D eigenvalue weighted by atomic mass is 35.5. The molecule has 3 atom stereocenters. The summed E-state index contributed by atoms with van der Waals surface area (Å²) in [7, 11) is 1.29. The zero-order valence-corrected chi connectivity index (χ0v) is 19.7. The van der Waals surface area contributed by atoms with E-state index in [1.165, 1.54) is 7.11 Å². The van der Waals surface area contributed by atoms with Crippen molar-refractivity contribution >= 4 is 35.2 Å². The van der Waals surface area contributed by atoms with E-state index in [2.05, 4.69) is 10.3 Å². The zero-order chi connectivity index (χ0) is 23.5. The average molecular weight is 449 g/mol. The van der Waals surface area contributed by atoms with E-state index in [1.54, 1.807) is 65.8 Å². The normalized spacial score (nSPS) is 19.9. The first kappa shape index (κ1) is 24.6. The molecule has 0 aromatic heterocycles. The lowest BCUT2D eigenvalue weighted by Gasteiger charge is -2.32. The molecule has 0 saturated heterocycles. The molecule has 0 radical (unpaired) electrons. The number of aliphatic imine (C=N–C) groups is 1. The predicted molar refractivity (Wildman–Crippen MR) is 119 cm³/mol. The third-order valence-electron chi connectivity index (χ3n) is 4.88. The van der Waals surface area contributed by atoms with E-state index in [4.69, 9.17) is 21.1 Å². The van der Waals surface area contributed by atoms with Crippen molar-refractivity contribution < 1.29 is 23.9 Å². The van der Waals surface area contributed by atoms with Gasteiger partial charge in [0.2, 0.25) is 5.91 Å². The minimum Gasteiger partial charge on any atom is -0.468 e. The number of hydrogen-bond acceptors (Lipinski definition) is 6. The number of esters is 2. The molecule has 8 heteroatoms. The summed E-state index contributed by atoms with van der Waals surface area (Å²) >= 11 is 6.44. The van der Waals surface area contributed by atoms with E-state index in [9.17, 15) is 14.4 Å². The van der Waals surface area contributed by atoms with E-state index in [0.717, 1.165) is 0 Å². The molecule has 1 aromatic carbocycles. The van der Waals surface area contributed by atoms with Gasteiger partial charge >= 0.3 is 11.9 Å². The number of halogens is 1. The van der Waals surface area contributed by atoms with Gasteiger partial charge in [-0.3, -0.25) is 14.6 Å². The third-order valence-corrected chi connectivity index (χ3v) is 5.22. The van der Waals surface area contributed by atoms with E-state index >= 15 is 0 Å². The molecular formula is C23H29ClN2O5. The summed E-state index contributed by atoms with van der Waals surface area (Å²) in [5.74, 6) is -3.15. The number of carbonyl (C=O) groups excluding carboxylic acids is 3. The first-order valence-electron chi connectivity index (χ1n) is 9.99. The standard InChI is InChI=1S/C23H29ClN2O5/c1-12-17(20(27)26-14(3)21(28)31-23(4,5)6)19(15-10-8-9-11-16(15)24)18(13(2)25-12)22(29)30-7/h8-11,14,18-19H,1-7H3,(H,26,27). The van der Waals surface area contributed by atoms with Gasteiger partial charge in [-0.05, 0) is 53.2 Å². The molecule has 1 N–H and O–H groups in total. The number of carbonyl (C=O) groups is 3. The first-order chi connectivity index (χ1) is 14.4. The second kappa shape index (κ2) is 9.64. The van der Waals surface area contributed by atoms with Gasteiger partial charge < -0.3 is 14.8 Å². The Morgan fingerprint density at radius 3 is 2.32 bits per heavy atom. The first-order valence-corrected chi connectivity index (χ1v) is 10.4. The summed E-state index contributed by atoms with van der Waals surface area (Å²) < 4.78 is 10.3. The highest BCUT2D eigenvalue weighted by molar-refractivity contribution is 6.31. The second-order valence-electron chi connectivity index (χ2n) is 8.48. The molecule has 2 rings (SSSR count). The Kier molecular flexibility index (Phi) is 7.65. The summed E-state index contributed by atoms with van der Waals surface area (Å²) in [5, 5.41) is 3.09. The molecule has 31 heavy (non-hydrogen) atoms. The molecular weight excluding hydrogens is 420 g/mol. The van der Waals surface area contributed by atoms with Crippen LogP contribution in [0, 0.1) is 5.92 Å². The minimum atomic E-state index is -0.900. The van der Waals surface area contributed by atoms with E-state index < -0.39 is 41.3 Å². The monoisotopic (exact) mass is 448 g/mol. The fourth-order valence-electron chi connectivity index (χ4n) is 3.55.